The molecule has 0 heterocycles. The van der Waals surface area contributed by atoms with Crippen molar-refractivity contribution in [3.63, 3.8) is 0 Å². The van der Waals surface area contributed by atoms with E-state index in [4.69, 9.17) is 9.47 Å². The maximum Gasteiger partial charge on any atom is 0.308 e. The molecule has 5 heteroatoms. The van der Waals surface area contributed by atoms with Crippen LogP contribution < -0.4 is 0 Å². The van der Waals surface area contributed by atoms with Gasteiger partial charge in [0.15, 0.2) is 0 Å². The molecular formula is C15H28O5. The predicted octanol–water partition coefficient (Wildman–Crippen LogP) is 2.22. The average Bonchev–Trinajstić information content (AvgIpc) is 2.44. The Kier molecular flexibility index (Phi) is 7.98. The molecule has 0 aliphatic heterocycles. The second-order valence-electron chi connectivity index (χ2n) is 5.56. The van der Waals surface area contributed by atoms with Gasteiger partial charge in [-0.2, -0.15) is 0 Å². The molecule has 5 nitrogen and oxygen atoms in total. The van der Waals surface area contributed by atoms with E-state index in [1.165, 1.54) is 14.2 Å². The Morgan fingerprint density at radius 3 is 2.00 bits per heavy atom. The summed E-state index contributed by atoms with van der Waals surface area (Å²) in [7, 11) is 4.43. The Morgan fingerprint density at radius 2 is 1.65 bits per heavy atom. The smallest absolute Gasteiger partial charge is 0.308 e. The highest BCUT2D eigenvalue weighted by Crippen LogP contribution is 2.32. The molecule has 3 unspecified atom stereocenters. The zero-order chi connectivity index (χ0) is 15.9. The fourth-order valence-electron chi connectivity index (χ4n) is 2.51. The third-order valence-corrected chi connectivity index (χ3v) is 3.98. The highest BCUT2D eigenvalue weighted by molar-refractivity contribution is 5.88. The molecule has 3 atom stereocenters. The highest BCUT2D eigenvalue weighted by atomic mass is 16.5. The van der Waals surface area contributed by atoms with E-state index in [9.17, 15) is 9.59 Å². The fourth-order valence-corrected chi connectivity index (χ4v) is 2.51. The third kappa shape index (κ3) is 4.56. The topological polar surface area (TPSA) is 61.8 Å². The first-order chi connectivity index (χ1) is 9.25. The van der Waals surface area contributed by atoms with Crippen LogP contribution in [0.25, 0.3) is 0 Å². The first-order valence-electron chi connectivity index (χ1n) is 6.92. The van der Waals surface area contributed by atoms with Crippen molar-refractivity contribution in [1.82, 2.24) is 0 Å². The maximum absolute atomic E-state index is 12.7. The molecule has 0 aromatic carbocycles. The molecule has 0 saturated carbocycles. The van der Waals surface area contributed by atoms with Crippen molar-refractivity contribution in [2.45, 2.75) is 52.7 Å². The normalized spacial score (nSPS) is 16.4. The van der Waals surface area contributed by atoms with Gasteiger partial charge in [-0.05, 0) is 6.42 Å². The van der Waals surface area contributed by atoms with Gasteiger partial charge in [0.25, 0.3) is 0 Å². The summed E-state index contributed by atoms with van der Waals surface area (Å²) >= 11 is 0. The molecule has 0 amide bonds. The molecule has 20 heavy (non-hydrogen) atoms. The van der Waals surface area contributed by atoms with Crippen molar-refractivity contribution >= 4 is 11.8 Å². The van der Waals surface area contributed by atoms with Crippen LogP contribution in [0.3, 0.4) is 0 Å². The lowest BCUT2D eigenvalue weighted by Gasteiger charge is -2.35. The molecule has 0 radical (unpaired) electrons. The van der Waals surface area contributed by atoms with E-state index >= 15 is 0 Å². The van der Waals surface area contributed by atoms with Crippen molar-refractivity contribution in [1.29, 1.82) is 0 Å². The van der Waals surface area contributed by atoms with E-state index in [0.717, 1.165) is 6.42 Å². The third-order valence-electron chi connectivity index (χ3n) is 3.98. The van der Waals surface area contributed by atoms with Gasteiger partial charge < -0.3 is 14.2 Å². The van der Waals surface area contributed by atoms with Crippen LogP contribution in [0.1, 0.15) is 40.5 Å². The van der Waals surface area contributed by atoms with Gasteiger partial charge in [-0.25, -0.2) is 0 Å². The summed E-state index contributed by atoms with van der Waals surface area (Å²) in [6.07, 6.45) is 0.174. The maximum atomic E-state index is 12.7. The standard InChI is InChI=1S/C15H28O5/c1-8-11(18-5)10(2)14(17)15(3,4)12(19-6)9-13(16)20-7/h10-12H,8-9H2,1-7H3. The van der Waals surface area contributed by atoms with E-state index < -0.39 is 11.5 Å². The Hall–Kier alpha value is -0.940. The van der Waals surface area contributed by atoms with Gasteiger partial charge in [0.05, 0.1) is 31.2 Å². The average molecular weight is 288 g/mol. The summed E-state index contributed by atoms with van der Waals surface area (Å²) < 4.78 is 15.3. The number of hydrogen-bond acceptors (Lipinski definition) is 5. The van der Waals surface area contributed by atoms with Crippen LogP contribution in [0.2, 0.25) is 0 Å². The van der Waals surface area contributed by atoms with Crippen LogP contribution in [0.4, 0.5) is 0 Å². The van der Waals surface area contributed by atoms with Crippen LogP contribution >= 0.6 is 0 Å². The van der Waals surface area contributed by atoms with E-state index in [2.05, 4.69) is 4.74 Å². The zero-order valence-corrected chi connectivity index (χ0v) is 13.7. The van der Waals surface area contributed by atoms with Gasteiger partial charge in [0.2, 0.25) is 0 Å². The van der Waals surface area contributed by atoms with Gasteiger partial charge in [0.1, 0.15) is 5.78 Å². The summed E-state index contributed by atoms with van der Waals surface area (Å²) in [6, 6.07) is 0. The van der Waals surface area contributed by atoms with Crippen molar-refractivity contribution in [2.24, 2.45) is 11.3 Å². The fraction of sp³-hybridized carbons (Fsp3) is 0.867. The summed E-state index contributed by atoms with van der Waals surface area (Å²) in [5.41, 5.74) is -0.783. The number of hydrogen-bond donors (Lipinski definition) is 0. The molecule has 0 spiro atoms. The summed E-state index contributed by atoms with van der Waals surface area (Å²) in [6.45, 7) is 7.43. The second-order valence-corrected chi connectivity index (χ2v) is 5.56. The molecular weight excluding hydrogens is 260 g/mol. The van der Waals surface area contributed by atoms with E-state index in [0.29, 0.717) is 0 Å². The molecule has 0 aromatic rings. The van der Waals surface area contributed by atoms with Crippen LogP contribution in [0.5, 0.6) is 0 Å². The molecule has 118 valence electrons. The van der Waals surface area contributed by atoms with Gasteiger partial charge >= 0.3 is 5.97 Å². The lowest BCUT2D eigenvalue weighted by Crippen LogP contribution is -2.45. The van der Waals surface area contributed by atoms with Crippen molar-refractivity contribution in [3.05, 3.63) is 0 Å². The molecule has 0 bridgehead atoms. The SMILES string of the molecule is CCC(OC)C(C)C(=O)C(C)(C)C(CC(=O)OC)OC. The lowest BCUT2D eigenvalue weighted by molar-refractivity contribution is -0.151. The molecule has 0 fully saturated rings. The van der Waals surface area contributed by atoms with Gasteiger partial charge in [-0.3, -0.25) is 9.59 Å². The Labute approximate surface area is 122 Å². The molecule has 0 aliphatic carbocycles. The first kappa shape index (κ1) is 19.1. The molecule has 0 aliphatic rings. The van der Waals surface area contributed by atoms with Crippen LogP contribution in [0, 0.1) is 11.3 Å². The summed E-state index contributed by atoms with van der Waals surface area (Å²) in [5, 5.41) is 0. The number of ether oxygens (including phenoxy) is 3. The second kappa shape index (κ2) is 8.37. The number of carbonyl (C=O) groups excluding carboxylic acids is 2. The number of Topliss-reactive ketones (excluding diaryl/α,β-unsaturated/α-hetero) is 1. The Balaban J connectivity index is 5.06. The Morgan fingerprint density at radius 1 is 1.10 bits per heavy atom. The minimum Gasteiger partial charge on any atom is -0.469 e. The van der Waals surface area contributed by atoms with Crippen molar-refractivity contribution in [3.8, 4) is 0 Å². The molecule has 0 saturated heterocycles. The lowest BCUT2D eigenvalue weighted by atomic mass is 9.74. The van der Waals surface area contributed by atoms with E-state index in [1.807, 2.05) is 13.8 Å². The van der Waals surface area contributed by atoms with Gasteiger partial charge in [0, 0.05) is 20.1 Å². The molecule has 0 rings (SSSR count). The van der Waals surface area contributed by atoms with Crippen molar-refractivity contribution < 1.29 is 23.8 Å². The number of ketones is 1. The van der Waals surface area contributed by atoms with E-state index in [1.54, 1.807) is 21.0 Å². The quantitative estimate of drug-likeness (QED) is 0.609. The summed E-state index contributed by atoms with van der Waals surface area (Å²) in [5.74, 6) is -0.610. The van der Waals surface area contributed by atoms with Crippen LogP contribution in [0.15, 0.2) is 0 Å². The molecule has 0 aromatic heterocycles. The number of rotatable bonds is 9. The van der Waals surface area contributed by atoms with Gasteiger partial charge in [-0.15, -0.1) is 0 Å². The van der Waals surface area contributed by atoms with Crippen LogP contribution in [-0.2, 0) is 23.8 Å². The zero-order valence-electron chi connectivity index (χ0n) is 13.7. The minimum absolute atomic E-state index is 0.0296. The first-order valence-corrected chi connectivity index (χ1v) is 6.92. The van der Waals surface area contributed by atoms with E-state index in [-0.39, 0.29) is 30.2 Å². The number of carbonyl (C=O) groups is 2. The summed E-state index contributed by atoms with van der Waals surface area (Å²) in [4.78, 5) is 24.1. The van der Waals surface area contributed by atoms with Crippen molar-refractivity contribution in [2.75, 3.05) is 21.3 Å². The molecule has 0 N–H and O–H groups in total. The van der Waals surface area contributed by atoms with Crippen LogP contribution in [-0.4, -0.2) is 45.3 Å². The largest absolute Gasteiger partial charge is 0.469 e. The number of methoxy groups -OCH3 is 3. The Bertz CT molecular complexity index is 320. The highest BCUT2D eigenvalue weighted by Gasteiger charge is 2.42. The number of esters is 1. The van der Waals surface area contributed by atoms with Gasteiger partial charge in [-0.1, -0.05) is 27.7 Å². The predicted molar refractivity (Wildman–Crippen MR) is 76.5 cm³/mol. The minimum atomic E-state index is -0.783. The monoisotopic (exact) mass is 288 g/mol.